The number of rotatable bonds is 4. The van der Waals surface area contributed by atoms with Crippen molar-refractivity contribution in [1.29, 1.82) is 0 Å². The smallest absolute Gasteiger partial charge is 0.0371 e. The third-order valence-corrected chi connectivity index (χ3v) is 3.09. The Labute approximate surface area is 91.5 Å². The predicted molar refractivity (Wildman–Crippen MR) is 62.9 cm³/mol. The van der Waals surface area contributed by atoms with Crippen LogP contribution in [0, 0.1) is 5.92 Å². The first-order valence-corrected chi connectivity index (χ1v) is 5.74. The highest BCUT2D eigenvalue weighted by Crippen LogP contribution is 2.16. The van der Waals surface area contributed by atoms with Crippen molar-refractivity contribution in [1.82, 2.24) is 9.88 Å². The third kappa shape index (κ3) is 2.93. The van der Waals surface area contributed by atoms with Crippen LogP contribution in [0.25, 0.3) is 0 Å². The van der Waals surface area contributed by atoms with Crippen LogP contribution in [0.15, 0.2) is 24.5 Å². The van der Waals surface area contributed by atoms with E-state index in [1.807, 2.05) is 24.5 Å². The van der Waals surface area contributed by atoms with E-state index >= 15 is 0 Å². The molecule has 1 aromatic rings. The Balaban J connectivity index is 1.75. The third-order valence-electron chi connectivity index (χ3n) is 3.09. The Bertz CT molecular complexity index is 286. The molecule has 0 spiro atoms. The van der Waals surface area contributed by atoms with E-state index in [1.54, 1.807) is 0 Å². The molecule has 0 aliphatic carbocycles. The average Bonchev–Trinajstić information content (AvgIpc) is 2.76. The summed E-state index contributed by atoms with van der Waals surface area (Å²) in [5.41, 5.74) is 1.18. The van der Waals surface area contributed by atoms with Crippen LogP contribution in [0.2, 0.25) is 0 Å². The molecule has 1 fully saturated rings. The first kappa shape index (κ1) is 10.4. The van der Waals surface area contributed by atoms with Gasteiger partial charge in [-0.05, 0) is 37.6 Å². The zero-order valence-corrected chi connectivity index (χ0v) is 9.32. The topological polar surface area (TPSA) is 28.2 Å². The van der Waals surface area contributed by atoms with Crippen LogP contribution in [0.4, 0.5) is 5.69 Å². The minimum absolute atomic E-state index is 0.804. The van der Waals surface area contributed by atoms with Gasteiger partial charge >= 0.3 is 0 Å². The van der Waals surface area contributed by atoms with Gasteiger partial charge in [-0.15, -0.1) is 0 Å². The molecule has 0 aromatic carbocycles. The van der Waals surface area contributed by atoms with Crippen LogP contribution in [0.1, 0.15) is 13.3 Å². The van der Waals surface area contributed by atoms with Gasteiger partial charge in [0.2, 0.25) is 0 Å². The highest BCUT2D eigenvalue weighted by Gasteiger charge is 2.20. The molecule has 2 heterocycles. The number of nitrogens with zero attached hydrogens (tertiary/aromatic N) is 2. The van der Waals surface area contributed by atoms with Gasteiger partial charge < -0.3 is 10.2 Å². The molecular formula is C12H19N3. The second-order valence-corrected chi connectivity index (χ2v) is 4.16. The van der Waals surface area contributed by atoms with Crippen LogP contribution in [0.3, 0.4) is 0 Å². The summed E-state index contributed by atoms with van der Waals surface area (Å²) in [7, 11) is 0. The van der Waals surface area contributed by atoms with Crippen molar-refractivity contribution in [3.8, 4) is 0 Å². The molecule has 1 aliphatic rings. The monoisotopic (exact) mass is 205 g/mol. The molecule has 82 valence electrons. The Morgan fingerprint density at radius 1 is 1.47 bits per heavy atom. The summed E-state index contributed by atoms with van der Waals surface area (Å²) in [5.74, 6) is 0.804. The minimum atomic E-state index is 0.804. The van der Waals surface area contributed by atoms with Gasteiger partial charge in [0.25, 0.3) is 0 Å². The van der Waals surface area contributed by atoms with Crippen LogP contribution < -0.4 is 5.32 Å². The van der Waals surface area contributed by atoms with Crippen molar-refractivity contribution < 1.29 is 0 Å². The maximum absolute atomic E-state index is 4.00. The molecule has 1 aromatic heterocycles. The summed E-state index contributed by atoms with van der Waals surface area (Å²) in [6, 6.07) is 4.04. The molecule has 0 bridgehead atoms. The number of likely N-dealkylation sites (tertiary alicyclic amines) is 1. The fourth-order valence-electron chi connectivity index (χ4n) is 2.10. The van der Waals surface area contributed by atoms with Crippen molar-refractivity contribution in [2.75, 3.05) is 31.5 Å². The van der Waals surface area contributed by atoms with E-state index in [-0.39, 0.29) is 0 Å². The van der Waals surface area contributed by atoms with E-state index in [4.69, 9.17) is 0 Å². The Hall–Kier alpha value is -1.09. The summed E-state index contributed by atoms with van der Waals surface area (Å²) < 4.78 is 0. The van der Waals surface area contributed by atoms with Gasteiger partial charge in [-0.3, -0.25) is 4.98 Å². The fraction of sp³-hybridized carbons (Fsp3) is 0.583. The molecule has 2 rings (SSSR count). The van der Waals surface area contributed by atoms with Gasteiger partial charge in [-0.25, -0.2) is 0 Å². The normalized spacial score (nSPS) is 21.8. The summed E-state index contributed by atoms with van der Waals surface area (Å²) in [5, 5.41) is 3.46. The number of aromatic nitrogens is 1. The van der Waals surface area contributed by atoms with Crippen LogP contribution in [-0.4, -0.2) is 36.1 Å². The molecule has 1 N–H and O–H groups in total. The second-order valence-electron chi connectivity index (χ2n) is 4.16. The molecule has 0 radical (unpaired) electrons. The fourth-order valence-corrected chi connectivity index (χ4v) is 2.10. The SMILES string of the molecule is CCN1CCC(CNc2ccncc2)C1. The van der Waals surface area contributed by atoms with Crippen molar-refractivity contribution in [3.05, 3.63) is 24.5 Å². The van der Waals surface area contributed by atoms with Crippen LogP contribution in [-0.2, 0) is 0 Å². The predicted octanol–water partition coefficient (Wildman–Crippen LogP) is 1.84. The van der Waals surface area contributed by atoms with Crippen molar-refractivity contribution >= 4 is 5.69 Å². The van der Waals surface area contributed by atoms with Gasteiger partial charge in [-0.1, -0.05) is 6.92 Å². The van der Waals surface area contributed by atoms with Crippen LogP contribution in [0.5, 0.6) is 0 Å². The molecule has 0 saturated carbocycles. The van der Waals surface area contributed by atoms with Crippen molar-refractivity contribution in [2.45, 2.75) is 13.3 Å². The van der Waals surface area contributed by atoms with Crippen LogP contribution >= 0.6 is 0 Å². The molecule has 3 heteroatoms. The van der Waals surface area contributed by atoms with Crippen molar-refractivity contribution in [2.24, 2.45) is 5.92 Å². The first-order valence-electron chi connectivity index (χ1n) is 5.74. The zero-order valence-electron chi connectivity index (χ0n) is 9.32. The largest absolute Gasteiger partial charge is 0.385 e. The Kier molecular flexibility index (Phi) is 3.56. The second kappa shape index (κ2) is 5.12. The number of hydrogen-bond donors (Lipinski definition) is 1. The van der Waals surface area contributed by atoms with Gasteiger partial charge in [0.05, 0.1) is 0 Å². The van der Waals surface area contributed by atoms with E-state index in [2.05, 4.69) is 22.1 Å². The zero-order chi connectivity index (χ0) is 10.5. The van der Waals surface area contributed by atoms with Gasteiger partial charge in [0.1, 0.15) is 0 Å². The summed E-state index contributed by atoms with van der Waals surface area (Å²) in [4.78, 5) is 6.52. The molecule has 1 aliphatic heterocycles. The van der Waals surface area contributed by atoms with E-state index in [0.29, 0.717) is 0 Å². The molecule has 1 atom stereocenters. The maximum Gasteiger partial charge on any atom is 0.0371 e. The van der Waals surface area contributed by atoms with E-state index in [9.17, 15) is 0 Å². The van der Waals surface area contributed by atoms with E-state index in [0.717, 1.165) is 12.5 Å². The number of pyridine rings is 1. The molecule has 0 amide bonds. The lowest BCUT2D eigenvalue weighted by Gasteiger charge is -2.14. The average molecular weight is 205 g/mol. The molecule has 1 unspecified atom stereocenters. The number of anilines is 1. The maximum atomic E-state index is 4.00. The highest BCUT2D eigenvalue weighted by molar-refractivity contribution is 5.40. The van der Waals surface area contributed by atoms with Gasteiger partial charge in [0.15, 0.2) is 0 Å². The van der Waals surface area contributed by atoms with Crippen molar-refractivity contribution in [3.63, 3.8) is 0 Å². The minimum Gasteiger partial charge on any atom is -0.385 e. The lowest BCUT2D eigenvalue weighted by Crippen LogP contribution is -2.22. The first-order chi connectivity index (χ1) is 7.38. The number of hydrogen-bond acceptors (Lipinski definition) is 3. The van der Waals surface area contributed by atoms with Gasteiger partial charge in [0, 0.05) is 31.2 Å². The Morgan fingerprint density at radius 3 is 2.93 bits per heavy atom. The summed E-state index contributed by atoms with van der Waals surface area (Å²) in [6.07, 6.45) is 4.98. The molecular weight excluding hydrogens is 186 g/mol. The summed E-state index contributed by atoms with van der Waals surface area (Å²) in [6.45, 7) is 7.01. The lowest BCUT2D eigenvalue weighted by atomic mass is 10.1. The Morgan fingerprint density at radius 2 is 2.27 bits per heavy atom. The lowest BCUT2D eigenvalue weighted by molar-refractivity contribution is 0.345. The standard InChI is InChI=1S/C12H19N3/c1-2-15-8-5-11(10-15)9-14-12-3-6-13-7-4-12/h3-4,6-7,11H,2,5,8-10H2,1H3,(H,13,14). The van der Waals surface area contributed by atoms with E-state index in [1.165, 1.54) is 31.7 Å². The molecule has 1 saturated heterocycles. The number of nitrogens with one attached hydrogen (secondary N) is 1. The van der Waals surface area contributed by atoms with E-state index < -0.39 is 0 Å². The summed E-state index contributed by atoms with van der Waals surface area (Å²) >= 11 is 0. The molecule has 15 heavy (non-hydrogen) atoms. The highest BCUT2D eigenvalue weighted by atomic mass is 15.1. The quantitative estimate of drug-likeness (QED) is 0.813. The molecule has 3 nitrogen and oxygen atoms in total. The van der Waals surface area contributed by atoms with Gasteiger partial charge in [-0.2, -0.15) is 0 Å².